The summed E-state index contributed by atoms with van der Waals surface area (Å²) in [6.07, 6.45) is -7.19. The normalized spacial score (nSPS) is 24.3. The molecule has 38 heavy (non-hydrogen) atoms. The predicted octanol–water partition coefficient (Wildman–Crippen LogP) is 0.764. The van der Waals surface area contributed by atoms with Gasteiger partial charge in [-0.05, 0) is 19.4 Å². The van der Waals surface area contributed by atoms with Crippen molar-refractivity contribution in [3.63, 3.8) is 0 Å². The summed E-state index contributed by atoms with van der Waals surface area (Å²) < 4.78 is 32.4. The van der Waals surface area contributed by atoms with Crippen LogP contribution >= 0.6 is 0 Å². The summed E-state index contributed by atoms with van der Waals surface area (Å²) in [7, 11) is 1.14. The number of methoxy groups -OCH3 is 1. The van der Waals surface area contributed by atoms with Gasteiger partial charge in [0.05, 0.1) is 25.7 Å². The Morgan fingerprint density at radius 1 is 0.895 bits per heavy atom. The van der Waals surface area contributed by atoms with Crippen LogP contribution < -0.4 is 5.48 Å². The van der Waals surface area contributed by atoms with Gasteiger partial charge >= 0.3 is 29.8 Å². The first kappa shape index (κ1) is 30.7. The minimum absolute atomic E-state index is 0.0592. The standard InChI is InChI=1S/C25H33NO12/c1-13(20(24(31)32-6)26-38-19(30)12-18-10-8-7-9-11-18)33-25-23(37-17(5)29)22(36-16(4)28)21(14(2)34-25)35-15(3)27/h7-11,13-14,20-23,25-26H,12H2,1-6H3/t13-,14+,20+,21+,22?,23-,25?/m1/s1. The molecule has 2 unspecified atom stereocenters. The summed E-state index contributed by atoms with van der Waals surface area (Å²) in [6, 6.07) is 7.49. The molecule has 1 heterocycles. The fraction of sp³-hybridized carbons (Fsp3) is 0.560. The number of hydrogen-bond acceptors (Lipinski definition) is 13. The first-order valence-corrected chi connectivity index (χ1v) is 11.8. The van der Waals surface area contributed by atoms with Gasteiger partial charge in [0, 0.05) is 20.8 Å². The zero-order valence-corrected chi connectivity index (χ0v) is 22.0. The van der Waals surface area contributed by atoms with E-state index in [0.717, 1.165) is 27.9 Å². The number of benzene rings is 1. The summed E-state index contributed by atoms with van der Waals surface area (Å²) in [6.45, 7) is 6.41. The Kier molecular flexibility index (Phi) is 11.6. The number of rotatable bonds is 11. The van der Waals surface area contributed by atoms with Crippen LogP contribution in [0.2, 0.25) is 0 Å². The lowest BCUT2D eigenvalue weighted by Gasteiger charge is -2.44. The highest BCUT2D eigenvalue weighted by Gasteiger charge is 2.52. The molecule has 2 rings (SSSR count). The lowest BCUT2D eigenvalue weighted by molar-refractivity contribution is -0.311. The Hall–Kier alpha value is -3.55. The Morgan fingerprint density at radius 3 is 2.00 bits per heavy atom. The molecule has 0 aliphatic carbocycles. The quantitative estimate of drug-likeness (QED) is 0.238. The van der Waals surface area contributed by atoms with Crippen LogP contribution in [0.4, 0.5) is 0 Å². The summed E-state index contributed by atoms with van der Waals surface area (Å²) in [5.74, 6) is -3.66. The van der Waals surface area contributed by atoms with Crippen molar-refractivity contribution in [2.24, 2.45) is 0 Å². The molecule has 1 N–H and O–H groups in total. The molecule has 0 aromatic heterocycles. The molecule has 13 heteroatoms. The van der Waals surface area contributed by atoms with Crippen LogP contribution in [-0.2, 0) is 63.7 Å². The minimum atomic E-state index is -1.38. The van der Waals surface area contributed by atoms with E-state index in [9.17, 15) is 24.0 Å². The molecule has 0 radical (unpaired) electrons. The van der Waals surface area contributed by atoms with Crippen LogP contribution in [0.5, 0.6) is 0 Å². The van der Waals surface area contributed by atoms with Crippen molar-refractivity contribution < 1.29 is 57.2 Å². The Morgan fingerprint density at radius 2 is 1.45 bits per heavy atom. The largest absolute Gasteiger partial charge is 0.468 e. The van der Waals surface area contributed by atoms with Crippen LogP contribution in [-0.4, -0.2) is 79.8 Å². The van der Waals surface area contributed by atoms with E-state index in [-0.39, 0.29) is 6.42 Å². The fourth-order valence-electron chi connectivity index (χ4n) is 3.76. The van der Waals surface area contributed by atoms with Crippen molar-refractivity contribution in [2.75, 3.05) is 7.11 Å². The van der Waals surface area contributed by atoms with E-state index in [4.69, 9.17) is 33.3 Å². The summed E-state index contributed by atoms with van der Waals surface area (Å²) in [5.41, 5.74) is 3.06. The molecule has 1 aliphatic rings. The van der Waals surface area contributed by atoms with Crippen LogP contribution in [0.3, 0.4) is 0 Å². The SMILES string of the molecule is COC(=O)[C@@H](NOC(=O)Cc1ccccc1)[C@@H](C)OC1O[C@@H](C)[C@H](OC(C)=O)C(OC(C)=O)[C@H]1OC(C)=O. The number of carbonyl (C=O) groups is 5. The maximum absolute atomic E-state index is 12.5. The van der Waals surface area contributed by atoms with Crippen molar-refractivity contribution >= 4 is 29.8 Å². The number of nitrogens with one attached hydrogen (secondary N) is 1. The first-order chi connectivity index (χ1) is 17.9. The maximum Gasteiger partial charge on any atom is 0.329 e. The zero-order valence-electron chi connectivity index (χ0n) is 22.0. The molecule has 1 aromatic rings. The predicted molar refractivity (Wildman–Crippen MR) is 127 cm³/mol. The highest BCUT2D eigenvalue weighted by molar-refractivity contribution is 5.77. The molecule has 13 nitrogen and oxygen atoms in total. The summed E-state index contributed by atoms with van der Waals surface area (Å²) in [4.78, 5) is 65.2. The average Bonchev–Trinajstić information content (AvgIpc) is 2.83. The molecular formula is C25H33NO12. The number of hydroxylamine groups is 1. The van der Waals surface area contributed by atoms with E-state index in [1.54, 1.807) is 30.3 Å². The second-order valence-corrected chi connectivity index (χ2v) is 8.53. The van der Waals surface area contributed by atoms with E-state index >= 15 is 0 Å². The highest BCUT2D eigenvalue weighted by atomic mass is 16.7. The third kappa shape index (κ3) is 9.08. The van der Waals surface area contributed by atoms with Crippen molar-refractivity contribution in [1.82, 2.24) is 5.48 Å². The first-order valence-electron chi connectivity index (χ1n) is 11.8. The van der Waals surface area contributed by atoms with Crippen LogP contribution in [0.1, 0.15) is 40.2 Å². The molecule has 7 atom stereocenters. The second kappa shape index (κ2) is 14.4. The molecule has 0 spiro atoms. The molecule has 210 valence electrons. The monoisotopic (exact) mass is 539 g/mol. The fourth-order valence-corrected chi connectivity index (χ4v) is 3.76. The van der Waals surface area contributed by atoms with Gasteiger partial charge in [-0.1, -0.05) is 30.3 Å². The van der Waals surface area contributed by atoms with Gasteiger partial charge in [-0.15, -0.1) is 5.48 Å². The zero-order chi connectivity index (χ0) is 28.4. The minimum Gasteiger partial charge on any atom is -0.468 e. The number of ether oxygens (including phenoxy) is 6. The molecule has 0 amide bonds. The van der Waals surface area contributed by atoms with E-state index in [1.807, 2.05) is 0 Å². The van der Waals surface area contributed by atoms with Gasteiger partial charge in [0.2, 0.25) is 0 Å². The Balaban J connectivity index is 2.21. The van der Waals surface area contributed by atoms with Gasteiger partial charge in [-0.2, -0.15) is 0 Å². The van der Waals surface area contributed by atoms with E-state index in [0.29, 0.717) is 5.56 Å². The molecule has 1 saturated heterocycles. The van der Waals surface area contributed by atoms with Gasteiger partial charge in [0.1, 0.15) is 0 Å². The molecule has 0 saturated carbocycles. The molecular weight excluding hydrogens is 506 g/mol. The average molecular weight is 540 g/mol. The maximum atomic E-state index is 12.5. The number of hydrogen-bond donors (Lipinski definition) is 1. The highest BCUT2D eigenvalue weighted by Crippen LogP contribution is 2.30. The van der Waals surface area contributed by atoms with Crippen molar-refractivity contribution in [3.05, 3.63) is 35.9 Å². The van der Waals surface area contributed by atoms with Crippen molar-refractivity contribution in [1.29, 1.82) is 0 Å². The van der Waals surface area contributed by atoms with Gasteiger partial charge in [-0.25, -0.2) is 0 Å². The lowest BCUT2D eigenvalue weighted by Crippen LogP contribution is -2.62. The van der Waals surface area contributed by atoms with Crippen molar-refractivity contribution in [2.45, 2.75) is 83.9 Å². The third-order valence-electron chi connectivity index (χ3n) is 5.40. The van der Waals surface area contributed by atoms with Crippen LogP contribution in [0.15, 0.2) is 30.3 Å². The van der Waals surface area contributed by atoms with Crippen LogP contribution in [0.25, 0.3) is 0 Å². The molecule has 1 aromatic carbocycles. The van der Waals surface area contributed by atoms with E-state index in [1.165, 1.54) is 13.8 Å². The summed E-state index contributed by atoms with van der Waals surface area (Å²) in [5, 5.41) is 0. The Labute approximate surface area is 219 Å². The molecule has 1 aliphatic heterocycles. The van der Waals surface area contributed by atoms with E-state index < -0.39 is 72.7 Å². The number of esters is 4. The third-order valence-corrected chi connectivity index (χ3v) is 5.40. The second-order valence-electron chi connectivity index (χ2n) is 8.53. The molecule has 0 bridgehead atoms. The van der Waals surface area contributed by atoms with Crippen LogP contribution in [0, 0.1) is 0 Å². The Bertz CT molecular complexity index is 984. The van der Waals surface area contributed by atoms with Gasteiger partial charge in [0.15, 0.2) is 30.6 Å². The molecule has 1 fully saturated rings. The van der Waals surface area contributed by atoms with E-state index in [2.05, 4.69) is 5.48 Å². The smallest absolute Gasteiger partial charge is 0.329 e. The number of carbonyl (C=O) groups excluding carboxylic acids is 5. The summed E-state index contributed by atoms with van der Waals surface area (Å²) >= 11 is 0. The van der Waals surface area contributed by atoms with Gasteiger partial charge in [-0.3, -0.25) is 24.0 Å². The van der Waals surface area contributed by atoms with Crippen molar-refractivity contribution in [3.8, 4) is 0 Å². The van der Waals surface area contributed by atoms with Gasteiger partial charge < -0.3 is 33.3 Å². The lowest BCUT2D eigenvalue weighted by atomic mass is 9.98. The topological polar surface area (TPSA) is 162 Å². The van der Waals surface area contributed by atoms with Gasteiger partial charge in [0.25, 0.3) is 0 Å².